The topological polar surface area (TPSA) is 71.3 Å². The minimum Gasteiger partial charge on any atom is -0.497 e. The molecule has 0 saturated heterocycles. The zero-order valence-electron chi connectivity index (χ0n) is 13.5. The Kier molecular flexibility index (Phi) is 6.52. The number of nitrogens with one attached hydrogen (secondary N) is 1. The first-order valence-electron chi connectivity index (χ1n) is 7.25. The first-order chi connectivity index (χ1) is 11.7. The highest BCUT2D eigenvalue weighted by molar-refractivity contribution is 7.99. The van der Waals surface area contributed by atoms with Crippen LogP contribution in [0.1, 0.15) is 11.1 Å². The summed E-state index contributed by atoms with van der Waals surface area (Å²) in [6.45, 7) is 0. The number of methoxy groups -OCH3 is 2. The van der Waals surface area contributed by atoms with E-state index in [1.54, 1.807) is 44.6 Å². The van der Waals surface area contributed by atoms with E-state index in [-0.39, 0.29) is 5.91 Å². The Morgan fingerprint density at radius 2 is 1.92 bits per heavy atom. The van der Waals surface area contributed by atoms with Gasteiger partial charge in [-0.1, -0.05) is 12.1 Å². The van der Waals surface area contributed by atoms with Gasteiger partial charge in [0.05, 0.1) is 37.3 Å². The lowest BCUT2D eigenvalue weighted by Gasteiger charge is -2.11. The average Bonchev–Trinajstić information content (AvgIpc) is 2.62. The molecule has 0 bridgehead atoms. The highest BCUT2D eigenvalue weighted by Gasteiger charge is 2.09. The normalized spacial score (nSPS) is 9.88. The van der Waals surface area contributed by atoms with Crippen LogP contribution in [0.3, 0.4) is 0 Å². The molecule has 2 aromatic rings. The molecule has 0 atom stereocenters. The lowest BCUT2D eigenvalue weighted by atomic mass is 10.2. The lowest BCUT2D eigenvalue weighted by Crippen LogP contribution is -2.15. The smallest absolute Gasteiger partial charge is 0.234 e. The van der Waals surface area contributed by atoms with Gasteiger partial charge < -0.3 is 14.8 Å². The van der Waals surface area contributed by atoms with E-state index >= 15 is 0 Å². The number of nitriles is 1. The number of thioether (sulfide) groups is 1. The first-order valence-corrected chi connectivity index (χ1v) is 8.40. The number of nitrogens with zero attached hydrogens (tertiary/aromatic N) is 1. The Balaban J connectivity index is 1.88. The van der Waals surface area contributed by atoms with E-state index in [1.165, 1.54) is 11.8 Å². The third-order valence-corrected chi connectivity index (χ3v) is 4.27. The molecule has 0 spiro atoms. The number of amides is 1. The SMILES string of the molecule is COc1ccc(OC)c(NC(=O)CSCc2ccc(C#N)cc2)c1. The summed E-state index contributed by atoms with van der Waals surface area (Å²) in [5.41, 5.74) is 2.29. The molecule has 5 nitrogen and oxygen atoms in total. The van der Waals surface area contributed by atoms with Gasteiger partial charge in [0, 0.05) is 11.8 Å². The molecule has 0 aliphatic carbocycles. The van der Waals surface area contributed by atoms with E-state index in [4.69, 9.17) is 14.7 Å². The van der Waals surface area contributed by atoms with Crippen LogP contribution in [0, 0.1) is 11.3 Å². The third-order valence-electron chi connectivity index (χ3n) is 3.27. The van der Waals surface area contributed by atoms with Gasteiger partial charge in [-0.05, 0) is 29.8 Å². The van der Waals surface area contributed by atoms with Gasteiger partial charge in [0.2, 0.25) is 5.91 Å². The van der Waals surface area contributed by atoms with Crippen LogP contribution in [-0.2, 0) is 10.5 Å². The maximum atomic E-state index is 12.1. The van der Waals surface area contributed by atoms with Crippen molar-refractivity contribution in [3.63, 3.8) is 0 Å². The number of rotatable bonds is 7. The summed E-state index contributed by atoms with van der Waals surface area (Å²) >= 11 is 1.50. The van der Waals surface area contributed by atoms with Crippen molar-refractivity contribution in [2.45, 2.75) is 5.75 Å². The van der Waals surface area contributed by atoms with Crippen LogP contribution in [0.4, 0.5) is 5.69 Å². The summed E-state index contributed by atoms with van der Waals surface area (Å²) in [5.74, 6) is 2.15. The van der Waals surface area contributed by atoms with E-state index < -0.39 is 0 Å². The zero-order valence-corrected chi connectivity index (χ0v) is 14.4. The lowest BCUT2D eigenvalue weighted by molar-refractivity contribution is -0.113. The first kappa shape index (κ1) is 17.7. The highest BCUT2D eigenvalue weighted by Crippen LogP contribution is 2.29. The average molecular weight is 342 g/mol. The molecule has 0 radical (unpaired) electrons. The molecule has 0 saturated carbocycles. The van der Waals surface area contributed by atoms with Crippen molar-refractivity contribution >= 4 is 23.4 Å². The van der Waals surface area contributed by atoms with Crippen molar-refractivity contribution in [2.75, 3.05) is 25.3 Å². The van der Waals surface area contributed by atoms with Crippen molar-refractivity contribution < 1.29 is 14.3 Å². The van der Waals surface area contributed by atoms with E-state index in [0.717, 1.165) is 5.56 Å². The molecular formula is C18H18N2O3S. The summed E-state index contributed by atoms with van der Waals surface area (Å²) in [4.78, 5) is 12.1. The Hall–Kier alpha value is -2.65. The molecule has 1 N–H and O–H groups in total. The number of benzene rings is 2. The number of ether oxygens (including phenoxy) is 2. The van der Waals surface area contributed by atoms with Crippen molar-refractivity contribution in [3.05, 3.63) is 53.6 Å². The summed E-state index contributed by atoms with van der Waals surface area (Å²) in [5, 5.41) is 11.6. The predicted molar refractivity (Wildman–Crippen MR) is 95.5 cm³/mol. The van der Waals surface area contributed by atoms with Gasteiger partial charge >= 0.3 is 0 Å². The zero-order chi connectivity index (χ0) is 17.4. The van der Waals surface area contributed by atoms with Crippen LogP contribution in [0.2, 0.25) is 0 Å². The largest absolute Gasteiger partial charge is 0.497 e. The van der Waals surface area contributed by atoms with Crippen molar-refractivity contribution in [1.82, 2.24) is 0 Å². The maximum absolute atomic E-state index is 12.1. The van der Waals surface area contributed by atoms with Crippen LogP contribution < -0.4 is 14.8 Å². The number of hydrogen-bond donors (Lipinski definition) is 1. The van der Waals surface area contributed by atoms with Crippen molar-refractivity contribution in [3.8, 4) is 17.6 Å². The number of hydrogen-bond acceptors (Lipinski definition) is 5. The van der Waals surface area contributed by atoms with Crippen LogP contribution in [0.15, 0.2) is 42.5 Å². The molecule has 0 unspecified atom stereocenters. The highest BCUT2D eigenvalue weighted by atomic mass is 32.2. The minimum atomic E-state index is -0.111. The Morgan fingerprint density at radius 1 is 1.17 bits per heavy atom. The standard InChI is InChI=1S/C18H18N2O3S/c1-22-15-7-8-17(23-2)16(9-15)20-18(21)12-24-11-14-5-3-13(10-19)4-6-14/h3-9H,11-12H2,1-2H3,(H,20,21). The number of anilines is 1. The molecule has 124 valence electrons. The Labute approximate surface area is 145 Å². The van der Waals surface area contributed by atoms with Gasteiger partial charge in [-0.3, -0.25) is 4.79 Å². The van der Waals surface area contributed by atoms with Crippen LogP contribution >= 0.6 is 11.8 Å². The van der Waals surface area contributed by atoms with E-state index in [1.807, 2.05) is 12.1 Å². The summed E-state index contributed by atoms with van der Waals surface area (Å²) in [7, 11) is 3.12. The third kappa shape index (κ3) is 4.93. The fourth-order valence-electron chi connectivity index (χ4n) is 2.04. The molecule has 2 rings (SSSR count). The van der Waals surface area contributed by atoms with Gasteiger partial charge in [-0.25, -0.2) is 0 Å². The second kappa shape index (κ2) is 8.85. The Bertz CT molecular complexity index is 739. The predicted octanol–water partition coefficient (Wildman–Crippen LogP) is 3.45. The molecule has 0 fully saturated rings. The molecular weight excluding hydrogens is 324 g/mol. The molecule has 24 heavy (non-hydrogen) atoms. The van der Waals surface area contributed by atoms with Gasteiger partial charge in [-0.2, -0.15) is 5.26 Å². The molecule has 1 amide bonds. The second-order valence-electron chi connectivity index (χ2n) is 4.92. The van der Waals surface area contributed by atoms with Crippen LogP contribution in [0.5, 0.6) is 11.5 Å². The summed E-state index contributed by atoms with van der Waals surface area (Å²) < 4.78 is 10.4. The molecule has 2 aromatic carbocycles. The fraction of sp³-hybridized carbons (Fsp3) is 0.222. The number of carbonyl (C=O) groups is 1. The van der Waals surface area contributed by atoms with Gasteiger partial charge in [-0.15, -0.1) is 11.8 Å². The summed E-state index contributed by atoms with van der Waals surface area (Å²) in [6.07, 6.45) is 0. The van der Waals surface area contributed by atoms with Gasteiger partial charge in [0.15, 0.2) is 0 Å². The second-order valence-corrected chi connectivity index (χ2v) is 5.90. The monoisotopic (exact) mass is 342 g/mol. The van der Waals surface area contributed by atoms with E-state index in [2.05, 4.69) is 11.4 Å². The molecule has 6 heteroatoms. The van der Waals surface area contributed by atoms with Gasteiger partial charge in [0.1, 0.15) is 11.5 Å². The number of carbonyl (C=O) groups excluding carboxylic acids is 1. The van der Waals surface area contributed by atoms with E-state index in [9.17, 15) is 4.79 Å². The maximum Gasteiger partial charge on any atom is 0.234 e. The molecule has 0 heterocycles. The molecule has 0 aromatic heterocycles. The molecule has 0 aliphatic rings. The van der Waals surface area contributed by atoms with Crippen molar-refractivity contribution in [2.24, 2.45) is 0 Å². The van der Waals surface area contributed by atoms with Gasteiger partial charge in [0.25, 0.3) is 0 Å². The van der Waals surface area contributed by atoms with E-state index in [0.29, 0.717) is 34.3 Å². The fourth-order valence-corrected chi connectivity index (χ4v) is 2.82. The molecule has 0 aliphatic heterocycles. The van der Waals surface area contributed by atoms with Crippen LogP contribution in [-0.4, -0.2) is 25.9 Å². The van der Waals surface area contributed by atoms with Crippen molar-refractivity contribution in [1.29, 1.82) is 5.26 Å². The Morgan fingerprint density at radius 3 is 2.54 bits per heavy atom. The quantitative estimate of drug-likeness (QED) is 0.834. The summed E-state index contributed by atoms with van der Waals surface area (Å²) in [6, 6.07) is 14.7. The van der Waals surface area contributed by atoms with Crippen LogP contribution in [0.25, 0.3) is 0 Å². The minimum absolute atomic E-state index is 0.111.